The molecule has 11 heteroatoms. The van der Waals surface area contributed by atoms with Crippen molar-refractivity contribution in [3.05, 3.63) is 35.9 Å². The fourth-order valence-corrected chi connectivity index (χ4v) is 3.54. The SMILES string of the molecule is CCC(C)C(NC(=O)C(N)CC(C)C)C(=O)NC(Cc1ccccc1)C(=O)NC(CC(=O)O)C(=O)O. The largest absolute Gasteiger partial charge is 0.481 e. The number of carbonyl (C=O) groups excluding carboxylic acids is 3. The van der Waals surface area contributed by atoms with Crippen molar-refractivity contribution in [2.45, 2.75) is 77.5 Å². The minimum absolute atomic E-state index is 0.0197. The number of aliphatic carboxylic acids is 2. The first-order valence-corrected chi connectivity index (χ1v) is 12.0. The normalized spacial score (nSPS) is 15.2. The number of carboxylic acids is 2. The molecule has 0 saturated carbocycles. The Morgan fingerprint density at radius 1 is 0.861 bits per heavy atom. The zero-order chi connectivity index (χ0) is 27.4. The molecular weight excluding hydrogens is 468 g/mol. The van der Waals surface area contributed by atoms with Gasteiger partial charge in [-0.1, -0.05) is 64.4 Å². The summed E-state index contributed by atoms with van der Waals surface area (Å²) < 4.78 is 0. The van der Waals surface area contributed by atoms with Gasteiger partial charge in [0.15, 0.2) is 0 Å². The van der Waals surface area contributed by atoms with E-state index in [0.29, 0.717) is 18.4 Å². The lowest BCUT2D eigenvalue weighted by molar-refractivity contribution is -0.147. The highest BCUT2D eigenvalue weighted by Gasteiger charge is 2.33. The molecule has 0 spiro atoms. The predicted octanol–water partition coefficient (Wildman–Crippen LogP) is 0.662. The van der Waals surface area contributed by atoms with Gasteiger partial charge in [-0.05, 0) is 23.8 Å². The van der Waals surface area contributed by atoms with Gasteiger partial charge in [0.2, 0.25) is 17.7 Å². The van der Waals surface area contributed by atoms with Gasteiger partial charge in [0.25, 0.3) is 0 Å². The monoisotopic (exact) mass is 506 g/mol. The molecule has 0 bridgehead atoms. The van der Waals surface area contributed by atoms with Crippen molar-refractivity contribution in [3.8, 4) is 0 Å². The number of amides is 3. The Balaban J connectivity index is 3.15. The van der Waals surface area contributed by atoms with Crippen LogP contribution in [0.3, 0.4) is 0 Å². The quantitative estimate of drug-likeness (QED) is 0.200. The van der Waals surface area contributed by atoms with E-state index in [1.165, 1.54) is 0 Å². The van der Waals surface area contributed by atoms with Crippen molar-refractivity contribution in [1.29, 1.82) is 0 Å². The highest BCUT2D eigenvalue weighted by molar-refractivity contribution is 5.94. The zero-order valence-corrected chi connectivity index (χ0v) is 21.2. The Hall–Kier alpha value is -3.47. The number of benzene rings is 1. The van der Waals surface area contributed by atoms with E-state index in [9.17, 15) is 29.1 Å². The number of carboxylic acid groups (broad SMARTS) is 2. The number of hydrogen-bond acceptors (Lipinski definition) is 6. The van der Waals surface area contributed by atoms with Crippen molar-refractivity contribution in [3.63, 3.8) is 0 Å². The van der Waals surface area contributed by atoms with E-state index >= 15 is 0 Å². The second-order valence-electron chi connectivity index (χ2n) is 9.36. The molecular formula is C25H38N4O7. The third-order valence-corrected chi connectivity index (χ3v) is 5.76. The first kappa shape index (κ1) is 30.6. The molecule has 11 nitrogen and oxygen atoms in total. The molecule has 1 rings (SSSR count). The van der Waals surface area contributed by atoms with Crippen LogP contribution in [0.1, 0.15) is 52.5 Å². The van der Waals surface area contributed by atoms with E-state index in [-0.39, 0.29) is 18.3 Å². The predicted molar refractivity (Wildman–Crippen MR) is 133 cm³/mol. The average molecular weight is 507 g/mol. The van der Waals surface area contributed by atoms with Crippen molar-refractivity contribution >= 4 is 29.7 Å². The first-order chi connectivity index (χ1) is 16.8. The van der Waals surface area contributed by atoms with Crippen LogP contribution in [0.2, 0.25) is 0 Å². The highest BCUT2D eigenvalue weighted by atomic mass is 16.4. The van der Waals surface area contributed by atoms with Crippen molar-refractivity contribution in [2.75, 3.05) is 0 Å². The van der Waals surface area contributed by atoms with Crippen LogP contribution in [0.5, 0.6) is 0 Å². The summed E-state index contributed by atoms with van der Waals surface area (Å²) in [5, 5.41) is 25.8. The van der Waals surface area contributed by atoms with Crippen molar-refractivity contribution in [1.82, 2.24) is 16.0 Å². The molecule has 0 aliphatic carbocycles. The van der Waals surface area contributed by atoms with Crippen LogP contribution in [0.4, 0.5) is 0 Å². The van der Waals surface area contributed by atoms with Gasteiger partial charge in [0.1, 0.15) is 18.1 Å². The van der Waals surface area contributed by atoms with Crippen LogP contribution in [0.15, 0.2) is 30.3 Å². The Kier molecular flexibility index (Phi) is 12.6. The minimum Gasteiger partial charge on any atom is -0.481 e. The molecule has 0 aliphatic heterocycles. The van der Waals surface area contributed by atoms with E-state index in [2.05, 4.69) is 16.0 Å². The molecule has 1 aromatic carbocycles. The summed E-state index contributed by atoms with van der Waals surface area (Å²) in [7, 11) is 0. The Morgan fingerprint density at radius 2 is 1.44 bits per heavy atom. The van der Waals surface area contributed by atoms with Crippen LogP contribution < -0.4 is 21.7 Å². The van der Waals surface area contributed by atoms with E-state index in [1.54, 1.807) is 37.3 Å². The summed E-state index contributed by atoms with van der Waals surface area (Å²) >= 11 is 0. The number of nitrogens with one attached hydrogen (secondary N) is 3. The molecule has 0 heterocycles. The maximum Gasteiger partial charge on any atom is 0.326 e. The molecule has 0 aromatic heterocycles. The van der Waals surface area contributed by atoms with E-state index < -0.39 is 60.2 Å². The van der Waals surface area contributed by atoms with Crippen LogP contribution in [0.25, 0.3) is 0 Å². The summed E-state index contributed by atoms with van der Waals surface area (Å²) in [6.45, 7) is 7.47. The average Bonchev–Trinajstić information content (AvgIpc) is 2.80. The van der Waals surface area contributed by atoms with Gasteiger partial charge in [-0.25, -0.2) is 4.79 Å². The second kappa shape index (κ2) is 14.8. The van der Waals surface area contributed by atoms with Crippen LogP contribution in [-0.2, 0) is 30.4 Å². The maximum atomic E-state index is 13.3. The summed E-state index contributed by atoms with van der Waals surface area (Å²) in [6.07, 6.45) is 0.172. The molecule has 0 fully saturated rings. The third kappa shape index (κ3) is 10.4. The highest BCUT2D eigenvalue weighted by Crippen LogP contribution is 2.12. The van der Waals surface area contributed by atoms with Gasteiger partial charge >= 0.3 is 11.9 Å². The van der Waals surface area contributed by atoms with E-state index in [1.807, 2.05) is 20.8 Å². The lowest BCUT2D eigenvalue weighted by atomic mass is 9.96. The van der Waals surface area contributed by atoms with Gasteiger partial charge in [-0.15, -0.1) is 0 Å². The zero-order valence-electron chi connectivity index (χ0n) is 21.2. The first-order valence-electron chi connectivity index (χ1n) is 12.0. The standard InChI is InChI=1S/C25H38N4O7/c1-5-15(4)21(29-22(32)17(26)11-14(2)3)24(34)27-18(12-16-9-7-6-8-10-16)23(33)28-19(25(35)36)13-20(30)31/h6-10,14-15,17-19,21H,5,11-13,26H2,1-4H3,(H,27,34)(H,28,33)(H,29,32)(H,30,31)(H,35,36). The summed E-state index contributed by atoms with van der Waals surface area (Å²) in [4.78, 5) is 61.4. The number of rotatable bonds is 15. The molecule has 5 atom stereocenters. The molecule has 3 amide bonds. The van der Waals surface area contributed by atoms with Crippen molar-refractivity contribution < 1.29 is 34.2 Å². The molecule has 0 radical (unpaired) electrons. The van der Waals surface area contributed by atoms with Gasteiger partial charge in [-0.3, -0.25) is 19.2 Å². The van der Waals surface area contributed by atoms with Gasteiger partial charge < -0.3 is 31.9 Å². The smallest absolute Gasteiger partial charge is 0.326 e. The van der Waals surface area contributed by atoms with Gasteiger partial charge in [0.05, 0.1) is 12.5 Å². The Bertz CT molecular complexity index is 907. The molecule has 7 N–H and O–H groups in total. The summed E-state index contributed by atoms with van der Waals surface area (Å²) in [5.74, 6) is -5.00. The van der Waals surface area contributed by atoms with E-state index in [0.717, 1.165) is 0 Å². The van der Waals surface area contributed by atoms with Gasteiger partial charge in [0, 0.05) is 6.42 Å². The van der Waals surface area contributed by atoms with Gasteiger partial charge in [-0.2, -0.15) is 0 Å². The van der Waals surface area contributed by atoms with Crippen LogP contribution >= 0.6 is 0 Å². The van der Waals surface area contributed by atoms with Crippen LogP contribution in [0, 0.1) is 11.8 Å². The fraction of sp³-hybridized carbons (Fsp3) is 0.560. The Labute approximate surface area is 211 Å². The van der Waals surface area contributed by atoms with Crippen LogP contribution in [-0.4, -0.2) is 64.0 Å². The maximum absolute atomic E-state index is 13.3. The third-order valence-electron chi connectivity index (χ3n) is 5.76. The number of nitrogens with two attached hydrogens (primary N) is 1. The summed E-state index contributed by atoms with van der Waals surface area (Å²) in [5.41, 5.74) is 6.66. The molecule has 1 aromatic rings. The molecule has 5 unspecified atom stereocenters. The number of hydrogen-bond donors (Lipinski definition) is 6. The lowest BCUT2D eigenvalue weighted by Crippen LogP contribution is -2.59. The minimum atomic E-state index is -1.68. The summed E-state index contributed by atoms with van der Waals surface area (Å²) in [6, 6.07) is 4.05. The molecule has 36 heavy (non-hydrogen) atoms. The number of carbonyl (C=O) groups is 5. The van der Waals surface area contributed by atoms with Crippen molar-refractivity contribution in [2.24, 2.45) is 17.6 Å². The fourth-order valence-electron chi connectivity index (χ4n) is 3.54. The lowest BCUT2D eigenvalue weighted by Gasteiger charge is -2.28. The molecule has 200 valence electrons. The topological polar surface area (TPSA) is 188 Å². The Morgan fingerprint density at radius 3 is 1.94 bits per heavy atom. The van der Waals surface area contributed by atoms with E-state index in [4.69, 9.17) is 10.8 Å². The second-order valence-corrected chi connectivity index (χ2v) is 9.36. The molecule has 0 aliphatic rings. The molecule has 0 saturated heterocycles.